The van der Waals surface area contributed by atoms with Crippen molar-refractivity contribution in [2.75, 3.05) is 14.2 Å². The zero-order valence-corrected chi connectivity index (χ0v) is 15.7. The summed E-state index contributed by atoms with van der Waals surface area (Å²) in [6.07, 6.45) is 3.77. The summed E-state index contributed by atoms with van der Waals surface area (Å²) >= 11 is 0. The molecule has 0 aliphatic carbocycles. The number of nitrogens with one attached hydrogen (secondary N) is 1. The van der Waals surface area contributed by atoms with Crippen LogP contribution >= 0.6 is 0 Å². The van der Waals surface area contributed by atoms with Crippen molar-refractivity contribution in [1.82, 2.24) is 5.32 Å². The molecular weight excluding hydrogens is 288 g/mol. The van der Waals surface area contributed by atoms with E-state index in [0.717, 1.165) is 24.1 Å². The number of carbonyl (C=O) groups excluding carboxylic acids is 1. The fraction of sp³-hybridized carbons (Fsp3) is 0.474. The van der Waals surface area contributed by atoms with Crippen molar-refractivity contribution in [2.45, 2.75) is 47.5 Å². The number of carbonyl (C=O) groups is 1. The summed E-state index contributed by atoms with van der Waals surface area (Å²) in [7, 11) is 3.24. The summed E-state index contributed by atoms with van der Waals surface area (Å²) in [6, 6.07) is 5.52. The lowest BCUT2D eigenvalue weighted by atomic mass is 10.1. The standard InChI is InChI=1S/C15H21NO2.C2H5N.C2H6/c1-5-7-12(6-2)16-15(17)14-10-13(18-4)9-8-11(14)3;1-3-2;1-2/h7-10H,5-6H2,1-4H3,(H,16,17);1H2,2H3;1-2H3/b12-7+;;. The molecule has 0 radical (unpaired) electrons. The Morgan fingerprint density at radius 2 is 1.91 bits per heavy atom. The molecule has 0 bridgehead atoms. The van der Waals surface area contributed by atoms with Gasteiger partial charge in [0.05, 0.1) is 7.11 Å². The van der Waals surface area contributed by atoms with Crippen LogP contribution in [0.1, 0.15) is 56.5 Å². The molecule has 23 heavy (non-hydrogen) atoms. The van der Waals surface area contributed by atoms with Gasteiger partial charge in [0.2, 0.25) is 0 Å². The molecule has 0 heterocycles. The molecule has 4 heteroatoms. The second-order valence-electron chi connectivity index (χ2n) is 4.44. The average molecular weight is 320 g/mol. The van der Waals surface area contributed by atoms with Gasteiger partial charge in [-0.3, -0.25) is 4.79 Å². The fourth-order valence-corrected chi connectivity index (χ4v) is 1.72. The number of rotatable bonds is 5. The maximum absolute atomic E-state index is 12.2. The molecule has 0 aliphatic heterocycles. The number of nitrogens with zero attached hydrogens (tertiary/aromatic N) is 1. The van der Waals surface area contributed by atoms with Crippen LogP contribution in [-0.2, 0) is 0 Å². The summed E-state index contributed by atoms with van der Waals surface area (Å²) in [6.45, 7) is 13.1. The molecular formula is C19H32N2O2. The number of amides is 1. The third kappa shape index (κ3) is 9.51. The molecule has 0 fully saturated rings. The maximum atomic E-state index is 12.2. The predicted octanol–water partition coefficient (Wildman–Crippen LogP) is 4.78. The topological polar surface area (TPSA) is 50.7 Å². The van der Waals surface area contributed by atoms with E-state index in [0.29, 0.717) is 11.3 Å². The van der Waals surface area contributed by atoms with Crippen LogP contribution in [0.5, 0.6) is 5.75 Å². The van der Waals surface area contributed by atoms with Gasteiger partial charge < -0.3 is 15.0 Å². The van der Waals surface area contributed by atoms with Crippen molar-refractivity contribution in [1.29, 1.82) is 0 Å². The molecule has 0 atom stereocenters. The third-order valence-corrected chi connectivity index (χ3v) is 2.79. The monoisotopic (exact) mass is 320 g/mol. The Balaban J connectivity index is 0. The first kappa shape index (κ1) is 23.2. The Labute approximate surface area is 141 Å². The van der Waals surface area contributed by atoms with Gasteiger partial charge in [-0.25, -0.2) is 0 Å². The summed E-state index contributed by atoms with van der Waals surface area (Å²) in [5.74, 6) is 0.621. The van der Waals surface area contributed by atoms with E-state index >= 15 is 0 Å². The highest BCUT2D eigenvalue weighted by atomic mass is 16.5. The average Bonchev–Trinajstić information content (AvgIpc) is 2.57. The number of aryl methyl sites for hydroxylation is 1. The quantitative estimate of drug-likeness (QED) is 0.794. The lowest BCUT2D eigenvalue weighted by Crippen LogP contribution is -2.23. The molecule has 1 N–H and O–H groups in total. The normalized spacial score (nSPS) is 9.61. The van der Waals surface area contributed by atoms with E-state index in [2.05, 4.69) is 24.0 Å². The molecule has 0 aromatic heterocycles. The van der Waals surface area contributed by atoms with Crippen molar-refractivity contribution in [3.05, 3.63) is 41.1 Å². The van der Waals surface area contributed by atoms with Crippen LogP contribution < -0.4 is 10.1 Å². The molecule has 1 amide bonds. The number of aliphatic imine (C=N–C) groups is 1. The van der Waals surface area contributed by atoms with Gasteiger partial charge in [0.15, 0.2) is 0 Å². The minimum absolute atomic E-state index is 0.0760. The minimum atomic E-state index is -0.0760. The molecule has 4 nitrogen and oxygen atoms in total. The second kappa shape index (κ2) is 14.8. The highest BCUT2D eigenvalue weighted by Gasteiger charge is 2.11. The van der Waals surface area contributed by atoms with Gasteiger partial charge in [-0.2, -0.15) is 0 Å². The van der Waals surface area contributed by atoms with Crippen LogP contribution in [0.25, 0.3) is 0 Å². The minimum Gasteiger partial charge on any atom is -0.497 e. The van der Waals surface area contributed by atoms with Crippen LogP contribution in [-0.4, -0.2) is 26.8 Å². The summed E-state index contributed by atoms with van der Waals surface area (Å²) in [5.41, 5.74) is 2.56. The molecule has 1 aromatic carbocycles. The van der Waals surface area contributed by atoms with Gasteiger partial charge in [-0.1, -0.05) is 39.8 Å². The molecule has 0 aliphatic rings. The number of ether oxygens (including phenoxy) is 1. The smallest absolute Gasteiger partial charge is 0.255 e. The zero-order chi connectivity index (χ0) is 18.3. The van der Waals surface area contributed by atoms with Gasteiger partial charge in [0, 0.05) is 18.3 Å². The van der Waals surface area contributed by atoms with E-state index in [9.17, 15) is 4.79 Å². The van der Waals surface area contributed by atoms with Gasteiger partial charge in [-0.05, 0) is 44.2 Å². The largest absolute Gasteiger partial charge is 0.497 e. The number of hydrogen-bond donors (Lipinski definition) is 1. The Bertz CT molecular complexity index is 494. The highest BCUT2D eigenvalue weighted by Crippen LogP contribution is 2.17. The molecule has 0 saturated heterocycles. The Morgan fingerprint density at radius 1 is 1.35 bits per heavy atom. The lowest BCUT2D eigenvalue weighted by Gasteiger charge is -2.11. The van der Waals surface area contributed by atoms with Crippen LogP contribution in [0.15, 0.2) is 35.0 Å². The van der Waals surface area contributed by atoms with Gasteiger partial charge in [-0.15, -0.1) is 0 Å². The highest BCUT2D eigenvalue weighted by molar-refractivity contribution is 5.97. The first-order valence-corrected chi connectivity index (χ1v) is 8.03. The van der Waals surface area contributed by atoms with Gasteiger partial charge >= 0.3 is 0 Å². The van der Waals surface area contributed by atoms with Crippen molar-refractivity contribution in [3.8, 4) is 5.75 Å². The van der Waals surface area contributed by atoms with Crippen LogP contribution in [0.2, 0.25) is 0 Å². The molecule has 0 spiro atoms. The Morgan fingerprint density at radius 3 is 2.35 bits per heavy atom. The third-order valence-electron chi connectivity index (χ3n) is 2.79. The molecule has 0 unspecified atom stereocenters. The fourth-order valence-electron chi connectivity index (χ4n) is 1.72. The lowest BCUT2D eigenvalue weighted by molar-refractivity contribution is 0.0963. The number of hydrogen-bond acceptors (Lipinski definition) is 3. The van der Waals surface area contributed by atoms with E-state index in [4.69, 9.17) is 4.74 Å². The number of benzene rings is 1. The summed E-state index contributed by atoms with van der Waals surface area (Å²) in [5, 5.41) is 2.94. The zero-order valence-electron chi connectivity index (χ0n) is 15.7. The molecule has 1 rings (SSSR count). The van der Waals surface area contributed by atoms with Crippen molar-refractivity contribution < 1.29 is 9.53 Å². The molecule has 130 valence electrons. The van der Waals surface area contributed by atoms with Gasteiger partial charge in [0.1, 0.15) is 5.75 Å². The predicted molar refractivity (Wildman–Crippen MR) is 101 cm³/mol. The van der Waals surface area contributed by atoms with Crippen molar-refractivity contribution >= 4 is 12.6 Å². The SMILES string of the molecule is C=NC.CC.CC/C=C(\CC)NC(=O)c1cc(OC)ccc1C. The van der Waals surface area contributed by atoms with Crippen LogP contribution in [0.3, 0.4) is 0 Å². The Kier molecular flexibility index (Phi) is 14.9. The van der Waals surface area contributed by atoms with E-state index in [1.807, 2.05) is 45.9 Å². The summed E-state index contributed by atoms with van der Waals surface area (Å²) in [4.78, 5) is 15.4. The number of methoxy groups -OCH3 is 1. The summed E-state index contributed by atoms with van der Waals surface area (Å²) < 4.78 is 5.14. The van der Waals surface area contributed by atoms with Gasteiger partial charge in [0.25, 0.3) is 5.91 Å². The van der Waals surface area contributed by atoms with E-state index in [1.54, 1.807) is 20.2 Å². The Hall–Kier alpha value is -2.10. The van der Waals surface area contributed by atoms with Crippen LogP contribution in [0, 0.1) is 6.92 Å². The molecule has 1 aromatic rings. The van der Waals surface area contributed by atoms with E-state index < -0.39 is 0 Å². The molecule has 0 saturated carbocycles. The maximum Gasteiger partial charge on any atom is 0.255 e. The van der Waals surface area contributed by atoms with Crippen molar-refractivity contribution in [2.24, 2.45) is 4.99 Å². The first-order valence-electron chi connectivity index (χ1n) is 8.03. The van der Waals surface area contributed by atoms with Crippen LogP contribution in [0.4, 0.5) is 0 Å². The second-order valence-corrected chi connectivity index (χ2v) is 4.44. The van der Waals surface area contributed by atoms with E-state index in [1.165, 1.54) is 0 Å². The van der Waals surface area contributed by atoms with Crippen molar-refractivity contribution in [3.63, 3.8) is 0 Å². The first-order chi connectivity index (χ1) is 11.0. The number of allylic oxidation sites excluding steroid dienone is 2. The van der Waals surface area contributed by atoms with E-state index in [-0.39, 0.29) is 5.91 Å².